The Kier molecular flexibility index (Phi) is 6.68. The summed E-state index contributed by atoms with van der Waals surface area (Å²) >= 11 is 8.95. The molecule has 1 aromatic heterocycles. The van der Waals surface area contributed by atoms with Crippen molar-refractivity contribution in [3.8, 4) is 0 Å². The molecule has 0 unspecified atom stereocenters. The van der Waals surface area contributed by atoms with Crippen LogP contribution in [0.3, 0.4) is 0 Å². The van der Waals surface area contributed by atoms with Gasteiger partial charge in [0.15, 0.2) is 0 Å². The molecule has 0 saturated carbocycles. The summed E-state index contributed by atoms with van der Waals surface area (Å²) in [7, 11) is -2.03. The number of nitrogens with zero attached hydrogens (tertiary/aromatic N) is 2. The van der Waals surface area contributed by atoms with Crippen molar-refractivity contribution < 1.29 is 13.2 Å². The van der Waals surface area contributed by atoms with Crippen molar-refractivity contribution in [3.63, 3.8) is 0 Å². The summed E-state index contributed by atoms with van der Waals surface area (Å²) < 4.78 is 31.7. The van der Waals surface area contributed by atoms with Crippen LogP contribution in [0.2, 0.25) is 5.15 Å². The number of hydrogen-bond donors (Lipinski definition) is 0. The van der Waals surface area contributed by atoms with E-state index in [2.05, 4.69) is 20.9 Å². The average molecular weight is 372 g/mol. The van der Waals surface area contributed by atoms with Crippen molar-refractivity contribution >= 4 is 37.6 Å². The van der Waals surface area contributed by atoms with E-state index in [4.69, 9.17) is 16.3 Å². The molecule has 0 spiro atoms. The monoisotopic (exact) mass is 370 g/mol. The summed E-state index contributed by atoms with van der Waals surface area (Å²) in [6, 6.07) is 1.46. The van der Waals surface area contributed by atoms with E-state index in [1.807, 2.05) is 6.92 Å². The van der Waals surface area contributed by atoms with Crippen LogP contribution in [0.5, 0.6) is 0 Å². The zero-order valence-electron chi connectivity index (χ0n) is 10.8. The van der Waals surface area contributed by atoms with E-state index < -0.39 is 10.0 Å². The van der Waals surface area contributed by atoms with E-state index in [1.165, 1.54) is 23.7 Å². The molecule has 0 aliphatic carbocycles. The number of hydrogen-bond acceptors (Lipinski definition) is 4. The average Bonchev–Trinajstić information content (AvgIpc) is 2.37. The number of methoxy groups -OCH3 is 1. The Hall–Kier alpha value is -0.210. The predicted molar refractivity (Wildman–Crippen MR) is 77.9 cm³/mol. The van der Waals surface area contributed by atoms with E-state index in [0.717, 1.165) is 6.42 Å². The third-order valence-electron chi connectivity index (χ3n) is 2.43. The quantitative estimate of drug-likeness (QED) is 0.691. The van der Waals surface area contributed by atoms with Gasteiger partial charge in [0.2, 0.25) is 10.0 Å². The normalized spacial score (nSPS) is 12.1. The van der Waals surface area contributed by atoms with Gasteiger partial charge in [0.05, 0.1) is 11.1 Å². The Morgan fingerprint density at radius 2 is 2.16 bits per heavy atom. The van der Waals surface area contributed by atoms with Gasteiger partial charge in [-0.05, 0) is 28.4 Å². The summed E-state index contributed by atoms with van der Waals surface area (Å²) in [6.07, 6.45) is 1.99. The fourth-order valence-corrected chi connectivity index (χ4v) is 3.58. The highest BCUT2D eigenvalue weighted by atomic mass is 79.9. The molecule has 0 N–H and O–H groups in total. The fraction of sp³-hybridized carbons (Fsp3) is 0.545. The Morgan fingerprint density at radius 3 is 2.68 bits per heavy atom. The van der Waals surface area contributed by atoms with Crippen LogP contribution in [0.15, 0.2) is 21.6 Å². The van der Waals surface area contributed by atoms with E-state index in [-0.39, 0.29) is 10.0 Å². The molecule has 0 aliphatic rings. The van der Waals surface area contributed by atoms with Crippen molar-refractivity contribution in [2.45, 2.75) is 18.2 Å². The maximum absolute atomic E-state index is 12.5. The molecule has 0 atom stereocenters. The molecule has 0 bridgehead atoms. The molecule has 0 aliphatic heterocycles. The highest BCUT2D eigenvalue weighted by molar-refractivity contribution is 9.10. The molecule has 0 amide bonds. The molecule has 0 aromatic carbocycles. The van der Waals surface area contributed by atoms with Gasteiger partial charge in [-0.1, -0.05) is 18.5 Å². The van der Waals surface area contributed by atoms with Gasteiger partial charge in [-0.3, -0.25) is 0 Å². The molecule has 0 fully saturated rings. The minimum absolute atomic E-state index is 0.119. The zero-order valence-corrected chi connectivity index (χ0v) is 13.9. The Balaban J connectivity index is 3.07. The molecule has 1 rings (SSSR count). The summed E-state index contributed by atoms with van der Waals surface area (Å²) in [5.41, 5.74) is 0. The van der Waals surface area contributed by atoms with Gasteiger partial charge in [0.25, 0.3) is 0 Å². The fourth-order valence-electron chi connectivity index (χ4n) is 1.49. The van der Waals surface area contributed by atoms with Crippen LogP contribution in [0.1, 0.15) is 13.3 Å². The second-order valence-electron chi connectivity index (χ2n) is 3.84. The maximum Gasteiger partial charge on any atom is 0.244 e. The standard InChI is InChI=1S/C11H16BrClN2O3S/c1-3-4-15(5-6-18-2)19(16,17)9-7-10(12)11(13)14-8-9/h7-8H,3-6H2,1-2H3. The lowest BCUT2D eigenvalue weighted by Gasteiger charge is -2.21. The van der Waals surface area contributed by atoms with Crippen LogP contribution in [0.4, 0.5) is 0 Å². The van der Waals surface area contributed by atoms with Gasteiger partial charge < -0.3 is 4.74 Å². The molecular formula is C11H16BrClN2O3S. The summed E-state index contributed by atoms with van der Waals surface area (Å²) in [4.78, 5) is 3.97. The van der Waals surface area contributed by atoms with Crippen LogP contribution in [0.25, 0.3) is 0 Å². The van der Waals surface area contributed by atoms with Crippen LogP contribution >= 0.6 is 27.5 Å². The molecule has 108 valence electrons. The minimum atomic E-state index is -3.57. The number of sulfonamides is 1. The minimum Gasteiger partial charge on any atom is -0.383 e. The summed E-state index contributed by atoms with van der Waals surface area (Å²) in [5, 5.41) is 0.234. The molecule has 0 saturated heterocycles. The molecule has 19 heavy (non-hydrogen) atoms. The van der Waals surface area contributed by atoms with E-state index in [0.29, 0.717) is 24.2 Å². The van der Waals surface area contributed by atoms with Crippen molar-refractivity contribution in [3.05, 3.63) is 21.9 Å². The van der Waals surface area contributed by atoms with Gasteiger partial charge in [0, 0.05) is 26.4 Å². The van der Waals surface area contributed by atoms with E-state index >= 15 is 0 Å². The van der Waals surface area contributed by atoms with Gasteiger partial charge >= 0.3 is 0 Å². The topological polar surface area (TPSA) is 59.5 Å². The first-order valence-corrected chi connectivity index (χ1v) is 8.34. The third kappa shape index (κ3) is 4.39. The van der Waals surface area contributed by atoms with E-state index in [1.54, 1.807) is 0 Å². The highest BCUT2D eigenvalue weighted by Crippen LogP contribution is 2.24. The first kappa shape index (κ1) is 16.8. The van der Waals surface area contributed by atoms with Crippen LogP contribution in [0, 0.1) is 0 Å². The number of pyridine rings is 1. The van der Waals surface area contributed by atoms with Crippen LogP contribution in [-0.2, 0) is 14.8 Å². The van der Waals surface area contributed by atoms with E-state index in [9.17, 15) is 8.42 Å². The number of aromatic nitrogens is 1. The van der Waals surface area contributed by atoms with Crippen molar-refractivity contribution in [1.29, 1.82) is 0 Å². The molecule has 1 aromatic rings. The Morgan fingerprint density at radius 1 is 1.47 bits per heavy atom. The van der Waals surface area contributed by atoms with Crippen molar-refractivity contribution in [2.24, 2.45) is 0 Å². The second kappa shape index (κ2) is 7.54. The first-order chi connectivity index (χ1) is 8.93. The summed E-state index contributed by atoms with van der Waals surface area (Å²) in [6.45, 7) is 3.02. The molecule has 1 heterocycles. The molecular weight excluding hydrogens is 356 g/mol. The molecule has 8 heteroatoms. The van der Waals surface area contributed by atoms with Gasteiger partial charge in [-0.15, -0.1) is 0 Å². The lowest BCUT2D eigenvalue weighted by molar-refractivity contribution is 0.179. The second-order valence-corrected chi connectivity index (χ2v) is 6.99. The Bertz CT molecular complexity index is 525. The maximum atomic E-state index is 12.5. The predicted octanol–water partition coefficient (Wildman–Crippen LogP) is 2.54. The van der Waals surface area contributed by atoms with Gasteiger partial charge in [-0.2, -0.15) is 4.31 Å². The smallest absolute Gasteiger partial charge is 0.244 e. The van der Waals surface area contributed by atoms with Crippen molar-refractivity contribution in [1.82, 2.24) is 9.29 Å². The number of halogens is 2. The third-order valence-corrected chi connectivity index (χ3v) is 5.42. The van der Waals surface area contributed by atoms with Gasteiger partial charge in [-0.25, -0.2) is 13.4 Å². The first-order valence-electron chi connectivity index (χ1n) is 5.73. The Labute approximate surface area is 127 Å². The SMILES string of the molecule is CCCN(CCOC)S(=O)(=O)c1cnc(Cl)c(Br)c1. The number of rotatable bonds is 7. The molecule has 0 radical (unpaired) electrons. The van der Waals surface area contributed by atoms with Crippen LogP contribution < -0.4 is 0 Å². The van der Waals surface area contributed by atoms with Crippen molar-refractivity contribution in [2.75, 3.05) is 26.8 Å². The number of ether oxygens (including phenoxy) is 1. The summed E-state index contributed by atoms with van der Waals surface area (Å²) in [5.74, 6) is 0. The van der Waals surface area contributed by atoms with Gasteiger partial charge in [0.1, 0.15) is 10.0 Å². The zero-order chi connectivity index (χ0) is 14.5. The molecule has 5 nitrogen and oxygen atoms in total. The lowest BCUT2D eigenvalue weighted by atomic mass is 10.5. The lowest BCUT2D eigenvalue weighted by Crippen LogP contribution is -2.34. The largest absolute Gasteiger partial charge is 0.383 e. The van der Waals surface area contributed by atoms with Crippen LogP contribution in [-0.4, -0.2) is 44.5 Å². The highest BCUT2D eigenvalue weighted by Gasteiger charge is 2.24.